The molecule has 0 spiro atoms. The Kier molecular flexibility index (Phi) is 6.39. The van der Waals surface area contributed by atoms with Crippen molar-refractivity contribution in [3.05, 3.63) is 73.6 Å². The fourth-order valence-corrected chi connectivity index (χ4v) is 3.86. The molecule has 1 heterocycles. The first kappa shape index (κ1) is 21.5. The van der Waals surface area contributed by atoms with Gasteiger partial charge in [-0.1, -0.05) is 34.8 Å². The number of alkyl halides is 3. The highest BCUT2D eigenvalue weighted by Gasteiger charge is 2.33. The second kappa shape index (κ2) is 8.64. The molecule has 2 aromatic carbocycles. The molecule has 3 rings (SSSR count). The maximum atomic E-state index is 13.0. The van der Waals surface area contributed by atoms with Crippen LogP contribution < -0.4 is 5.32 Å². The van der Waals surface area contributed by atoms with Crippen LogP contribution in [-0.4, -0.2) is 4.98 Å². The van der Waals surface area contributed by atoms with Gasteiger partial charge >= 0.3 is 6.18 Å². The molecule has 0 saturated carbocycles. The van der Waals surface area contributed by atoms with E-state index in [-0.39, 0.29) is 11.3 Å². The van der Waals surface area contributed by atoms with E-state index in [9.17, 15) is 18.4 Å². The summed E-state index contributed by atoms with van der Waals surface area (Å²) < 4.78 is 38.9. The number of rotatable bonds is 4. The third-order valence-corrected chi connectivity index (χ3v) is 5.47. The molecule has 3 aromatic rings. The van der Waals surface area contributed by atoms with E-state index in [1.54, 1.807) is 23.6 Å². The Labute approximate surface area is 183 Å². The second-order valence-corrected chi connectivity index (χ2v) is 7.78. The van der Waals surface area contributed by atoms with Gasteiger partial charge in [0.15, 0.2) is 0 Å². The standard InChI is InChI=1S/C19H9Cl3F3N3S/c20-11-1-3-13(16(22)5-11)17-9-29-18(28-17)10(7-26)8-27-12-2-4-15(21)14(6-12)19(23,24)25/h1-6,8-9,27H/b10-8-. The number of nitrogens with zero attached hydrogens (tertiary/aromatic N) is 2. The molecule has 0 fully saturated rings. The molecule has 0 atom stereocenters. The smallest absolute Gasteiger partial charge is 0.360 e. The maximum absolute atomic E-state index is 13.0. The zero-order chi connectivity index (χ0) is 21.2. The SMILES string of the molecule is N#C/C(=C/Nc1ccc(Cl)c(C(F)(F)F)c1)c1nc(-c2ccc(Cl)cc2Cl)cs1. The van der Waals surface area contributed by atoms with E-state index in [4.69, 9.17) is 34.8 Å². The molecule has 3 nitrogen and oxygen atoms in total. The molecule has 148 valence electrons. The Morgan fingerprint density at radius 3 is 2.52 bits per heavy atom. The van der Waals surface area contributed by atoms with Crippen molar-refractivity contribution in [1.82, 2.24) is 4.98 Å². The van der Waals surface area contributed by atoms with E-state index >= 15 is 0 Å². The topological polar surface area (TPSA) is 48.7 Å². The summed E-state index contributed by atoms with van der Waals surface area (Å²) in [6.07, 6.45) is -3.30. The van der Waals surface area contributed by atoms with E-state index in [2.05, 4.69) is 10.3 Å². The number of halogens is 6. The molecule has 0 bridgehead atoms. The molecule has 0 aliphatic carbocycles. The number of benzene rings is 2. The fraction of sp³-hybridized carbons (Fsp3) is 0.0526. The van der Waals surface area contributed by atoms with Crippen LogP contribution in [0.15, 0.2) is 48.0 Å². The number of allylic oxidation sites excluding steroid dienone is 1. The molecular weight excluding hydrogens is 466 g/mol. The van der Waals surface area contributed by atoms with Crippen molar-refractivity contribution in [2.24, 2.45) is 0 Å². The van der Waals surface area contributed by atoms with Gasteiger partial charge in [-0.05, 0) is 36.4 Å². The highest BCUT2D eigenvalue weighted by atomic mass is 35.5. The molecule has 1 aromatic heterocycles. The molecule has 0 unspecified atom stereocenters. The predicted octanol–water partition coefficient (Wildman–Crippen LogP) is 7.77. The average Bonchev–Trinajstić information content (AvgIpc) is 3.12. The van der Waals surface area contributed by atoms with Crippen LogP contribution >= 0.6 is 46.1 Å². The van der Waals surface area contributed by atoms with Crippen LogP contribution in [0.4, 0.5) is 18.9 Å². The second-order valence-electron chi connectivity index (χ2n) is 5.67. The van der Waals surface area contributed by atoms with Crippen molar-refractivity contribution in [1.29, 1.82) is 5.26 Å². The van der Waals surface area contributed by atoms with Crippen LogP contribution in [0.3, 0.4) is 0 Å². The van der Waals surface area contributed by atoms with E-state index in [1.807, 2.05) is 6.07 Å². The lowest BCUT2D eigenvalue weighted by molar-refractivity contribution is -0.137. The summed E-state index contributed by atoms with van der Waals surface area (Å²) in [5, 5.41) is 14.7. The molecular formula is C19H9Cl3F3N3S. The molecule has 29 heavy (non-hydrogen) atoms. The van der Waals surface area contributed by atoms with Gasteiger partial charge < -0.3 is 5.32 Å². The van der Waals surface area contributed by atoms with Crippen LogP contribution in [0.1, 0.15) is 10.6 Å². The molecule has 0 aliphatic rings. The summed E-state index contributed by atoms with van der Waals surface area (Å²) >= 11 is 18.9. The third kappa shape index (κ3) is 5.03. The summed E-state index contributed by atoms with van der Waals surface area (Å²) in [5.41, 5.74) is 0.516. The Morgan fingerprint density at radius 2 is 1.86 bits per heavy atom. The molecule has 1 N–H and O–H groups in total. The first-order valence-electron chi connectivity index (χ1n) is 7.84. The largest absolute Gasteiger partial charge is 0.417 e. The number of thiazole rings is 1. The Hall–Kier alpha value is -2.24. The third-order valence-electron chi connectivity index (χ3n) is 3.72. The van der Waals surface area contributed by atoms with Gasteiger partial charge in [0.25, 0.3) is 0 Å². The minimum absolute atomic E-state index is 0.131. The summed E-state index contributed by atoms with van der Waals surface area (Å²) in [7, 11) is 0. The van der Waals surface area contributed by atoms with Gasteiger partial charge in [-0.2, -0.15) is 18.4 Å². The molecule has 10 heteroatoms. The number of hydrogen-bond donors (Lipinski definition) is 1. The summed E-state index contributed by atoms with van der Waals surface area (Å²) in [5.74, 6) is 0. The lowest BCUT2D eigenvalue weighted by Gasteiger charge is -2.10. The highest BCUT2D eigenvalue weighted by Crippen LogP contribution is 2.36. The number of nitriles is 1. The Balaban J connectivity index is 1.87. The molecule has 0 aliphatic heterocycles. The van der Waals surface area contributed by atoms with Gasteiger partial charge in [-0.25, -0.2) is 4.98 Å². The monoisotopic (exact) mass is 473 g/mol. The van der Waals surface area contributed by atoms with Crippen LogP contribution in [0.2, 0.25) is 15.1 Å². The summed E-state index contributed by atoms with van der Waals surface area (Å²) in [4.78, 5) is 4.38. The maximum Gasteiger partial charge on any atom is 0.417 e. The van der Waals surface area contributed by atoms with Crippen molar-refractivity contribution in [2.45, 2.75) is 6.18 Å². The summed E-state index contributed by atoms with van der Waals surface area (Å²) in [6.45, 7) is 0. The molecule has 0 amide bonds. The van der Waals surface area contributed by atoms with Gasteiger partial charge in [0.05, 0.1) is 21.3 Å². The van der Waals surface area contributed by atoms with Crippen molar-refractivity contribution < 1.29 is 13.2 Å². The number of aromatic nitrogens is 1. The number of hydrogen-bond acceptors (Lipinski definition) is 4. The highest BCUT2D eigenvalue weighted by molar-refractivity contribution is 7.11. The van der Waals surface area contributed by atoms with E-state index in [0.29, 0.717) is 26.3 Å². The van der Waals surface area contributed by atoms with Crippen LogP contribution in [-0.2, 0) is 6.18 Å². The van der Waals surface area contributed by atoms with Crippen molar-refractivity contribution >= 4 is 57.4 Å². The minimum Gasteiger partial charge on any atom is -0.360 e. The zero-order valence-corrected chi connectivity index (χ0v) is 17.3. The number of anilines is 1. The van der Waals surface area contributed by atoms with Crippen LogP contribution in [0.5, 0.6) is 0 Å². The van der Waals surface area contributed by atoms with Crippen molar-refractivity contribution in [2.75, 3.05) is 5.32 Å². The van der Waals surface area contributed by atoms with Gasteiger partial charge in [-0.15, -0.1) is 11.3 Å². The molecule has 0 radical (unpaired) electrons. The van der Waals surface area contributed by atoms with Crippen molar-refractivity contribution in [3.63, 3.8) is 0 Å². The van der Waals surface area contributed by atoms with Gasteiger partial charge in [0.1, 0.15) is 16.6 Å². The normalized spacial score (nSPS) is 12.0. The molecule has 0 saturated heterocycles. The lowest BCUT2D eigenvalue weighted by Crippen LogP contribution is -2.06. The predicted molar refractivity (Wildman–Crippen MR) is 111 cm³/mol. The van der Waals surface area contributed by atoms with E-state index in [0.717, 1.165) is 12.1 Å². The minimum atomic E-state index is -4.58. The quantitative estimate of drug-likeness (QED) is 0.393. The lowest BCUT2D eigenvalue weighted by atomic mass is 10.2. The van der Waals surface area contributed by atoms with E-state index < -0.39 is 16.8 Å². The van der Waals surface area contributed by atoms with Gasteiger partial charge in [0, 0.05) is 27.9 Å². The van der Waals surface area contributed by atoms with Crippen LogP contribution in [0, 0.1) is 11.3 Å². The van der Waals surface area contributed by atoms with Gasteiger partial charge in [0.2, 0.25) is 0 Å². The van der Waals surface area contributed by atoms with Crippen molar-refractivity contribution in [3.8, 4) is 17.3 Å². The van der Waals surface area contributed by atoms with Crippen LogP contribution in [0.25, 0.3) is 16.8 Å². The zero-order valence-electron chi connectivity index (χ0n) is 14.2. The first-order chi connectivity index (χ1) is 13.7. The summed E-state index contributed by atoms with van der Waals surface area (Å²) in [6, 6.07) is 10.3. The van der Waals surface area contributed by atoms with Gasteiger partial charge in [-0.3, -0.25) is 0 Å². The first-order valence-corrected chi connectivity index (χ1v) is 9.85. The Morgan fingerprint density at radius 1 is 1.10 bits per heavy atom. The Bertz CT molecular complexity index is 1130. The fourth-order valence-electron chi connectivity index (χ4n) is 2.35. The average molecular weight is 475 g/mol. The van der Waals surface area contributed by atoms with E-state index in [1.165, 1.54) is 23.6 Å². The number of nitrogens with one attached hydrogen (secondary N) is 1.